The molecule has 1 aliphatic heterocycles. The molecule has 0 aliphatic carbocycles. The Labute approximate surface area is 127 Å². The number of halogens is 2. The number of carbonyl (C=O) groups excluding carboxylic acids is 1. The Morgan fingerprint density at radius 2 is 2.37 bits per heavy atom. The molecule has 1 amide bonds. The lowest BCUT2D eigenvalue weighted by Gasteiger charge is -2.28. The third-order valence-electron chi connectivity index (χ3n) is 3.55. The van der Waals surface area contributed by atoms with E-state index in [9.17, 15) is 4.79 Å². The highest BCUT2D eigenvalue weighted by Gasteiger charge is 2.40. The lowest BCUT2D eigenvalue weighted by Crippen LogP contribution is -2.50. The highest BCUT2D eigenvalue weighted by Crippen LogP contribution is 2.32. The molecule has 0 radical (unpaired) electrons. The zero-order valence-electron chi connectivity index (χ0n) is 10.9. The molecule has 1 unspecified atom stereocenters. The molecule has 0 spiro atoms. The SMILES string of the molecule is CCCC1(C(=O)Nc2cccc(Cl)c2Br)CCCN1. The molecule has 104 valence electrons. The predicted molar refractivity (Wildman–Crippen MR) is 82.7 cm³/mol. The Kier molecular flexibility index (Phi) is 4.87. The summed E-state index contributed by atoms with van der Waals surface area (Å²) < 4.78 is 0.731. The average Bonchev–Trinajstić information content (AvgIpc) is 2.85. The van der Waals surface area contributed by atoms with Crippen molar-refractivity contribution in [3.8, 4) is 0 Å². The molecule has 1 fully saturated rings. The molecule has 1 atom stereocenters. The van der Waals surface area contributed by atoms with Crippen molar-refractivity contribution in [2.24, 2.45) is 0 Å². The van der Waals surface area contributed by atoms with Crippen molar-refractivity contribution < 1.29 is 4.79 Å². The van der Waals surface area contributed by atoms with Crippen LogP contribution in [0.1, 0.15) is 32.6 Å². The smallest absolute Gasteiger partial charge is 0.244 e. The summed E-state index contributed by atoms with van der Waals surface area (Å²) in [6, 6.07) is 5.47. The van der Waals surface area contributed by atoms with Crippen LogP contribution in [0.2, 0.25) is 5.02 Å². The lowest BCUT2D eigenvalue weighted by atomic mass is 9.91. The highest BCUT2D eigenvalue weighted by molar-refractivity contribution is 9.10. The van der Waals surface area contributed by atoms with Crippen molar-refractivity contribution >= 4 is 39.1 Å². The number of carbonyl (C=O) groups is 1. The van der Waals surface area contributed by atoms with Crippen LogP contribution in [0.3, 0.4) is 0 Å². The van der Waals surface area contributed by atoms with Gasteiger partial charge in [0, 0.05) is 0 Å². The largest absolute Gasteiger partial charge is 0.323 e. The third-order valence-corrected chi connectivity index (χ3v) is 4.95. The van der Waals surface area contributed by atoms with Crippen molar-refractivity contribution in [3.63, 3.8) is 0 Å². The second-order valence-corrected chi connectivity index (χ2v) is 6.12. The first-order chi connectivity index (χ1) is 9.09. The maximum atomic E-state index is 12.6. The fraction of sp³-hybridized carbons (Fsp3) is 0.500. The van der Waals surface area contributed by atoms with E-state index < -0.39 is 5.54 Å². The first-order valence-corrected chi connectivity index (χ1v) is 7.76. The third kappa shape index (κ3) is 3.12. The minimum atomic E-state index is -0.420. The van der Waals surface area contributed by atoms with Crippen LogP contribution >= 0.6 is 27.5 Å². The summed E-state index contributed by atoms with van der Waals surface area (Å²) in [7, 11) is 0. The van der Waals surface area contributed by atoms with Gasteiger partial charge >= 0.3 is 0 Å². The van der Waals surface area contributed by atoms with Gasteiger partial charge in [0.25, 0.3) is 0 Å². The van der Waals surface area contributed by atoms with Gasteiger partial charge in [0.2, 0.25) is 5.91 Å². The zero-order chi connectivity index (χ0) is 13.9. The van der Waals surface area contributed by atoms with E-state index in [-0.39, 0.29) is 5.91 Å². The molecular weight excluding hydrogens is 328 g/mol. The number of amides is 1. The molecule has 1 aliphatic rings. The molecule has 1 aromatic rings. The number of anilines is 1. The second kappa shape index (κ2) is 6.25. The Bertz CT molecular complexity index is 473. The van der Waals surface area contributed by atoms with Gasteiger partial charge in [-0.15, -0.1) is 0 Å². The first kappa shape index (κ1) is 14.8. The number of nitrogens with one attached hydrogen (secondary N) is 2. The van der Waals surface area contributed by atoms with E-state index in [1.807, 2.05) is 12.1 Å². The molecule has 19 heavy (non-hydrogen) atoms. The van der Waals surface area contributed by atoms with E-state index in [1.165, 1.54) is 0 Å². The molecular formula is C14H18BrClN2O. The molecule has 0 aromatic heterocycles. The Hall–Kier alpha value is -0.580. The summed E-state index contributed by atoms with van der Waals surface area (Å²) in [6.07, 6.45) is 3.78. The maximum Gasteiger partial charge on any atom is 0.244 e. The van der Waals surface area contributed by atoms with Gasteiger partial charge in [-0.05, 0) is 53.9 Å². The van der Waals surface area contributed by atoms with Gasteiger partial charge in [-0.3, -0.25) is 4.79 Å². The van der Waals surface area contributed by atoms with E-state index in [1.54, 1.807) is 6.07 Å². The van der Waals surface area contributed by atoms with Crippen LogP contribution in [-0.2, 0) is 4.79 Å². The quantitative estimate of drug-likeness (QED) is 0.867. The lowest BCUT2D eigenvalue weighted by molar-refractivity contribution is -0.122. The van der Waals surface area contributed by atoms with Gasteiger partial charge in [-0.1, -0.05) is 31.0 Å². The normalized spacial score (nSPS) is 22.5. The van der Waals surface area contributed by atoms with Crippen LogP contribution in [0.15, 0.2) is 22.7 Å². The number of benzene rings is 1. The van der Waals surface area contributed by atoms with Crippen LogP contribution < -0.4 is 10.6 Å². The first-order valence-electron chi connectivity index (χ1n) is 6.59. The molecule has 2 rings (SSSR count). The van der Waals surface area contributed by atoms with Crippen LogP contribution in [0.25, 0.3) is 0 Å². The van der Waals surface area contributed by atoms with Gasteiger partial charge in [0.1, 0.15) is 0 Å². The topological polar surface area (TPSA) is 41.1 Å². The number of hydrogen-bond donors (Lipinski definition) is 2. The Morgan fingerprint density at radius 3 is 3.00 bits per heavy atom. The molecule has 1 aromatic carbocycles. The minimum absolute atomic E-state index is 0.0369. The summed E-state index contributed by atoms with van der Waals surface area (Å²) in [5.41, 5.74) is 0.304. The highest BCUT2D eigenvalue weighted by atomic mass is 79.9. The van der Waals surface area contributed by atoms with Gasteiger partial charge in [0.05, 0.1) is 20.7 Å². The summed E-state index contributed by atoms with van der Waals surface area (Å²) in [5.74, 6) is 0.0369. The Morgan fingerprint density at radius 1 is 1.58 bits per heavy atom. The molecule has 2 N–H and O–H groups in total. The fourth-order valence-electron chi connectivity index (χ4n) is 2.60. The second-order valence-electron chi connectivity index (χ2n) is 4.92. The van der Waals surface area contributed by atoms with Crippen molar-refractivity contribution in [3.05, 3.63) is 27.7 Å². The standard InChI is InChI=1S/C14H18BrClN2O/c1-2-7-14(8-4-9-17-14)13(19)18-11-6-3-5-10(16)12(11)15/h3,5-6,17H,2,4,7-9H2,1H3,(H,18,19). The average molecular weight is 346 g/mol. The van der Waals surface area contributed by atoms with E-state index in [4.69, 9.17) is 11.6 Å². The predicted octanol–water partition coefficient (Wildman–Crippen LogP) is 3.96. The summed E-state index contributed by atoms with van der Waals surface area (Å²) in [6.45, 7) is 3.01. The molecule has 1 saturated heterocycles. The van der Waals surface area contributed by atoms with Crippen LogP contribution in [0.4, 0.5) is 5.69 Å². The van der Waals surface area contributed by atoms with Crippen molar-refractivity contribution in [1.82, 2.24) is 5.32 Å². The summed E-state index contributed by atoms with van der Waals surface area (Å²) in [4.78, 5) is 12.6. The van der Waals surface area contributed by atoms with Crippen molar-refractivity contribution in [2.45, 2.75) is 38.1 Å². The van der Waals surface area contributed by atoms with Crippen molar-refractivity contribution in [2.75, 3.05) is 11.9 Å². The van der Waals surface area contributed by atoms with Crippen LogP contribution in [0, 0.1) is 0 Å². The van der Waals surface area contributed by atoms with Gasteiger partial charge < -0.3 is 10.6 Å². The maximum absolute atomic E-state index is 12.6. The Balaban J connectivity index is 2.17. The summed E-state index contributed by atoms with van der Waals surface area (Å²) in [5, 5.41) is 6.95. The van der Waals surface area contributed by atoms with E-state index in [0.29, 0.717) is 5.02 Å². The van der Waals surface area contributed by atoms with E-state index in [0.717, 1.165) is 42.4 Å². The monoisotopic (exact) mass is 344 g/mol. The summed E-state index contributed by atoms with van der Waals surface area (Å²) >= 11 is 9.45. The van der Waals surface area contributed by atoms with Gasteiger partial charge in [0.15, 0.2) is 0 Å². The molecule has 3 nitrogen and oxygen atoms in total. The van der Waals surface area contributed by atoms with Gasteiger partial charge in [-0.2, -0.15) is 0 Å². The van der Waals surface area contributed by atoms with Crippen LogP contribution in [-0.4, -0.2) is 18.0 Å². The van der Waals surface area contributed by atoms with Crippen LogP contribution in [0.5, 0.6) is 0 Å². The van der Waals surface area contributed by atoms with E-state index >= 15 is 0 Å². The number of rotatable bonds is 4. The minimum Gasteiger partial charge on any atom is -0.323 e. The zero-order valence-corrected chi connectivity index (χ0v) is 13.3. The fourth-order valence-corrected chi connectivity index (χ4v) is 3.13. The molecule has 0 bridgehead atoms. The molecule has 0 saturated carbocycles. The number of hydrogen-bond acceptors (Lipinski definition) is 2. The van der Waals surface area contributed by atoms with Crippen molar-refractivity contribution in [1.29, 1.82) is 0 Å². The van der Waals surface area contributed by atoms with E-state index in [2.05, 4.69) is 33.5 Å². The molecule has 1 heterocycles. The molecule has 5 heteroatoms. The van der Waals surface area contributed by atoms with Gasteiger partial charge in [-0.25, -0.2) is 0 Å².